The average Bonchev–Trinajstić information content (AvgIpc) is 3.58. The van der Waals surface area contributed by atoms with Crippen LogP contribution in [0, 0.1) is 0 Å². The number of phosphoric ester groups is 1. The van der Waals surface area contributed by atoms with Crippen molar-refractivity contribution >= 4 is 19.8 Å². The molecule has 0 radical (unpaired) electrons. The molecule has 0 aliphatic rings. The molecule has 84 heavy (non-hydrogen) atoms. The topological polar surface area (TPSA) is 134 Å². The Labute approximate surface area is 522 Å². The number of unbranched alkanes of at least 4 members (excludes halogenated alkanes) is 52. The minimum Gasteiger partial charge on any atom is -0.462 e. The molecule has 0 fully saturated rings. The number of phosphoric acid groups is 1. The van der Waals surface area contributed by atoms with Crippen LogP contribution in [0.2, 0.25) is 0 Å². The Morgan fingerprint density at radius 1 is 0.357 bits per heavy atom. The lowest BCUT2D eigenvalue weighted by atomic mass is 10.0. The zero-order chi connectivity index (χ0) is 60.9. The molecule has 0 aliphatic carbocycles. The first-order valence-corrected chi connectivity index (χ1v) is 38.5. The van der Waals surface area contributed by atoms with Gasteiger partial charge in [0.1, 0.15) is 6.61 Å². The molecule has 0 heterocycles. The van der Waals surface area contributed by atoms with Crippen molar-refractivity contribution in [3.05, 3.63) is 36.5 Å². The average molecular weight is 1200 g/mol. The molecule has 0 aromatic heterocycles. The molecule has 0 rings (SSSR count). The zero-order valence-corrected chi connectivity index (χ0v) is 56.8. The van der Waals surface area contributed by atoms with Gasteiger partial charge in [-0.1, -0.05) is 365 Å². The number of nitrogens with two attached hydrogens (primary N) is 1. The largest absolute Gasteiger partial charge is 0.472 e. The van der Waals surface area contributed by atoms with Crippen LogP contribution in [0.15, 0.2) is 36.5 Å². The minimum absolute atomic E-state index is 0.0532. The molecule has 0 saturated heterocycles. The molecule has 0 aliphatic heterocycles. The van der Waals surface area contributed by atoms with Gasteiger partial charge in [-0.2, -0.15) is 0 Å². The van der Waals surface area contributed by atoms with Crippen molar-refractivity contribution in [2.45, 2.75) is 399 Å². The lowest BCUT2D eigenvalue weighted by Gasteiger charge is -2.19. The molecule has 10 heteroatoms. The van der Waals surface area contributed by atoms with E-state index in [0.29, 0.717) is 6.42 Å². The van der Waals surface area contributed by atoms with Crippen molar-refractivity contribution in [1.29, 1.82) is 0 Å². The Balaban J connectivity index is 3.74. The van der Waals surface area contributed by atoms with Crippen LogP contribution >= 0.6 is 7.82 Å². The third-order valence-electron chi connectivity index (χ3n) is 16.8. The van der Waals surface area contributed by atoms with Crippen LogP contribution < -0.4 is 5.73 Å². The van der Waals surface area contributed by atoms with Gasteiger partial charge in [0, 0.05) is 19.4 Å². The smallest absolute Gasteiger partial charge is 0.462 e. The van der Waals surface area contributed by atoms with Gasteiger partial charge in [-0.05, 0) is 51.4 Å². The number of ether oxygens (including phenoxy) is 2. The number of hydrogen-bond acceptors (Lipinski definition) is 8. The number of hydrogen-bond donors (Lipinski definition) is 2. The maximum absolute atomic E-state index is 12.7. The summed E-state index contributed by atoms with van der Waals surface area (Å²) in [6.07, 6.45) is 88.5. The first kappa shape index (κ1) is 82.2. The van der Waals surface area contributed by atoms with Crippen molar-refractivity contribution in [2.24, 2.45) is 5.73 Å². The zero-order valence-electron chi connectivity index (χ0n) is 55.9. The second-order valence-corrected chi connectivity index (χ2v) is 26.6. The van der Waals surface area contributed by atoms with Crippen molar-refractivity contribution in [2.75, 3.05) is 26.4 Å². The van der Waals surface area contributed by atoms with Crippen LogP contribution in [0.1, 0.15) is 393 Å². The second-order valence-electron chi connectivity index (χ2n) is 25.2. The Hall–Kier alpha value is -1.77. The monoisotopic (exact) mass is 1200 g/mol. The molecular formula is C74H142NO8P. The minimum atomic E-state index is -4.39. The predicted octanol–water partition coefficient (Wildman–Crippen LogP) is 24.3. The fourth-order valence-electron chi connectivity index (χ4n) is 11.3. The van der Waals surface area contributed by atoms with Crippen molar-refractivity contribution in [1.82, 2.24) is 0 Å². The molecule has 2 unspecified atom stereocenters. The van der Waals surface area contributed by atoms with E-state index in [9.17, 15) is 19.0 Å². The fourth-order valence-corrected chi connectivity index (χ4v) is 12.1. The highest BCUT2D eigenvalue weighted by Crippen LogP contribution is 2.43. The normalized spacial score (nSPS) is 13.0. The van der Waals surface area contributed by atoms with E-state index in [4.69, 9.17) is 24.3 Å². The standard InChI is InChI=1S/C74H142NO8P/c1-3-5-7-9-11-13-15-17-19-21-23-25-27-28-29-30-31-32-33-34-35-36-37-38-39-40-41-42-43-45-46-48-50-52-54-56-58-60-62-64-66-73(76)80-70-72(71-82-84(78,79)81-69-68-75)83-74(77)67-65-63-61-59-57-55-53-51-49-47-44-26-24-22-20-18-16-14-12-10-8-6-4-2/h16,18,22,24,44,47,72H,3-15,17,19-21,23,25-43,45-46,48-71,75H2,1-2H3,(H,78,79)/b18-16-,24-22-,47-44-. The van der Waals surface area contributed by atoms with E-state index >= 15 is 0 Å². The molecule has 2 atom stereocenters. The molecule has 0 aromatic rings. The number of allylic oxidation sites excluding steroid dienone is 6. The SMILES string of the molecule is CCCCCCC/C=C\C/C=C\C/C=C\CCCCCCCCCCC(=O)OC(COC(=O)CCCCCCCCCCCCCCCCCCCCCCCCCCCCCCCCCCCCCCCCCC)COP(=O)(O)OCCN. The number of esters is 2. The van der Waals surface area contributed by atoms with Crippen molar-refractivity contribution < 1.29 is 37.6 Å². The van der Waals surface area contributed by atoms with Crippen LogP contribution in [-0.2, 0) is 32.7 Å². The molecule has 0 saturated carbocycles. The first-order valence-electron chi connectivity index (χ1n) is 37.0. The van der Waals surface area contributed by atoms with Crippen LogP contribution in [0.3, 0.4) is 0 Å². The summed E-state index contributed by atoms with van der Waals surface area (Å²) in [5.74, 6) is -0.817. The van der Waals surface area contributed by atoms with Crippen molar-refractivity contribution in [3.63, 3.8) is 0 Å². The number of carbonyl (C=O) groups excluding carboxylic acids is 2. The predicted molar refractivity (Wildman–Crippen MR) is 363 cm³/mol. The summed E-state index contributed by atoms with van der Waals surface area (Å²) in [6.45, 7) is 3.79. The van der Waals surface area contributed by atoms with Gasteiger partial charge in [0.05, 0.1) is 13.2 Å². The summed E-state index contributed by atoms with van der Waals surface area (Å²) in [5.41, 5.74) is 5.40. The fraction of sp³-hybridized carbons (Fsp3) is 0.892. The van der Waals surface area contributed by atoms with Crippen LogP contribution in [0.25, 0.3) is 0 Å². The van der Waals surface area contributed by atoms with Gasteiger partial charge in [0.15, 0.2) is 6.10 Å². The molecule has 496 valence electrons. The summed E-state index contributed by atoms with van der Waals surface area (Å²) < 4.78 is 33.2. The van der Waals surface area contributed by atoms with Gasteiger partial charge in [-0.15, -0.1) is 0 Å². The molecule has 0 aromatic carbocycles. The third-order valence-corrected chi connectivity index (χ3v) is 17.8. The van der Waals surface area contributed by atoms with Gasteiger partial charge in [0.25, 0.3) is 0 Å². The third kappa shape index (κ3) is 69.3. The Morgan fingerprint density at radius 2 is 0.619 bits per heavy atom. The van der Waals surface area contributed by atoms with Gasteiger partial charge in [-0.25, -0.2) is 4.57 Å². The molecule has 0 bridgehead atoms. The second kappa shape index (κ2) is 70.3. The van der Waals surface area contributed by atoms with E-state index in [1.807, 2.05) is 0 Å². The molecule has 3 N–H and O–H groups in total. The lowest BCUT2D eigenvalue weighted by molar-refractivity contribution is -0.161. The van der Waals surface area contributed by atoms with Crippen LogP contribution in [-0.4, -0.2) is 49.3 Å². The summed E-state index contributed by atoms with van der Waals surface area (Å²) in [7, 11) is -4.39. The Kier molecular flexibility index (Phi) is 68.8. The summed E-state index contributed by atoms with van der Waals surface area (Å²) in [5, 5.41) is 0. The van der Waals surface area contributed by atoms with Gasteiger partial charge >= 0.3 is 19.8 Å². The van der Waals surface area contributed by atoms with E-state index in [1.54, 1.807) is 0 Å². The van der Waals surface area contributed by atoms with E-state index in [-0.39, 0.29) is 38.6 Å². The Bertz CT molecular complexity index is 1470. The highest BCUT2D eigenvalue weighted by molar-refractivity contribution is 7.47. The van der Waals surface area contributed by atoms with E-state index in [0.717, 1.165) is 57.8 Å². The quantitative estimate of drug-likeness (QED) is 0.0264. The number of carbonyl (C=O) groups is 2. The maximum atomic E-state index is 12.7. The van der Waals surface area contributed by atoms with Gasteiger partial charge in [-0.3, -0.25) is 18.6 Å². The maximum Gasteiger partial charge on any atom is 0.472 e. The van der Waals surface area contributed by atoms with Crippen LogP contribution in [0.5, 0.6) is 0 Å². The number of rotatable bonds is 71. The molecule has 0 amide bonds. The van der Waals surface area contributed by atoms with E-state index in [1.165, 1.54) is 302 Å². The van der Waals surface area contributed by atoms with E-state index in [2.05, 4.69) is 50.3 Å². The van der Waals surface area contributed by atoms with Crippen LogP contribution in [0.4, 0.5) is 0 Å². The van der Waals surface area contributed by atoms with Crippen molar-refractivity contribution in [3.8, 4) is 0 Å². The molecule has 0 spiro atoms. The first-order chi connectivity index (χ1) is 41.3. The van der Waals surface area contributed by atoms with Gasteiger partial charge in [0.2, 0.25) is 0 Å². The molecule has 9 nitrogen and oxygen atoms in total. The molecular weight excluding hydrogens is 1060 g/mol. The Morgan fingerprint density at radius 3 is 0.917 bits per heavy atom. The van der Waals surface area contributed by atoms with E-state index < -0.39 is 26.5 Å². The highest BCUT2D eigenvalue weighted by Gasteiger charge is 2.26. The van der Waals surface area contributed by atoms with Gasteiger partial charge < -0.3 is 20.1 Å². The summed E-state index contributed by atoms with van der Waals surface area (Å²) in [6, 6.07) is 0. The summed E-state index contributed by atoms with van der Waals surface area (Å²) >= 11 is 0. The summed E-state index contributed by atoms with van der Waals surface area (Å²) in [4.78, 5) is 35.3. The lowest BCUT2D eigenvalue weighted by Crippen LogP contribution is -2.29. The highest BCUT2D eigenvalue weighted by atomic mass is 31.2.